The van der Waals surface area contributed by atoms with Gasteiger partial charge >= 0.3 is 0 Å². The van der Waals surface area contributed by atoms with Gasteiger partial charge in [-0.3, -0.25) is 9.59 Å². The maximum atomic E-state index is 12.5. The molecule has 0 aliphatic rings. The summed E-state index contributed by atoms with van der Waals surface area (Å²) in [6, 6.07) is 12.4. The molecule has 0 saturated carbocycles. The quantitative estimate of drug-likeness (QED) is 0.745. The number of hydrogen-bond donors (Lipinski definition) is 1. The third-order valence-corrected chi connectivity index (χ3v) is 3.93. The molecule has 0 atom stereocenters. The van der Waals surface area contributed by atoms with Crippen molar-refractivity contribution in [2.75, 3.05) is 5.32 Å². The summed E-state index contributed by atoms with van der Waals surface area (Å²) in [5, 5.41) is 6.24. The van der Waals surface area contributed by atoms with Gasteiger partial charge < -0.3 is 14.4 Å². The zero-order chi connectivity index (χ0) is 17.1. The van der Waals surface area contributed by atoms with Crippen molar-refractivity contribution < 1.29 is 9.32 Å². The Morgan fingerprint density at radius 3 is 2.71 bits per heavy atom. The highest BCUT2D eigenvalue weighted by atomic mass is 79.9. The van der Waals surface area contributed by atoms with E-state index in [9.17, 15) is 9.59 Å². The number of hydrogen-bond acceptors (Lipinski definition) is 4. The number of carbonyl (C=O) groups is 1. The number of aromatic nitrogens is 2. The molecule has 0 spiro atoms. The molecule has 122 valence electrons. The summed E-state index contributed by atoms with van der Waals surface area (Å²) in [5.74, 6) is 0.338. The number of pyridine rings is 1. The zero-order valence-electron chi connectivity index (χ0n) is 12.8. The highest BCUT2D eigenvalue weighted by Gasteiger charge is 2.14. The Balaban J connectivity index is 1.83. The minimum Gasteiger partial charge on any atom is -0.360 e. The molecule has 24 heavy (non-hydrogen) atoms. The normalized spacial score (nSPS) is 10.6. The minimum absolute atomic E-state index is 0.0512. The molecular formula is C17H14BrN3O3. The fourth-order valence-corrected chi connectivity index (χ4v) is 2.49. The Morgan fingerprint density at radius 2 is 2.04 bits per heavy atom. The molecule has 3 rings (SSSR count). The molecule has 6 nitrogen and oxygen atoms in total. The van der Waals surface area contributed by atoms with E-state index in [0.29, 0.717) is 12.3 Å². The first-order valence-electron chi connectivity index (χ1n) is 7.21. The Labute approximate surface area is 146 Å². The fraction of sp³-hybridized carbons (Fsp3) is 0.118. The van der Waals surface area contributed by atoms with Crippen LogP contribution in [0.5, 0.6) is 0 Å². The van der Waals surface area contributed by atoms with Crippen molar-refractivity contribution >= 4 is 27.7 Å². The maximum absolute atomic E-state index is 12.5. The van der Waals surface area contributed by atoms with E-state index in [0.717, 1.165) is 10.0 Å². The second kappa shape index (κ2) is 6.84. The van der Waals surface area contributed by atoms with Crippen LogP contribution in [-0.2, 0) is 6.54 Å². The van der Waals surface area contributed by atoms with Crippen LogP contribution in [0, 0.1) is 6.92 Å². The second-order valence-corrected chi connectivity index (χ2v) is 6.17. The van der Waals surface area contributed by atoms with E-state index >= 15 is 0 Å². The van der Waals surface area contributed by atoms with Gasteiger partial charge in [0.05, 0.1) is 6.54 Å². The van der Waals surface area contributed by atoms with Crippen LogP contribution >= 0.6 is 15.9 Å². The summed E-state index contributed by atoms with van der Waals surface area (Å²) in [4.78, 5) is 24.8. The molecular weight excluding hydrogens is 374 g/mol. The van der Waals surface area contributed by atoms with Crippen molar-refractivity contribution in [3.05, 3.63) is 80.4 Å². The van der Waals surface area contributed by atoms with Crippen LogP contribution in [-0.4, -0.2) is 15.6 Å². The van der Waals surface area contributed by atoms with Crippen LogP contribution in [0.25, 0.3) is 0 Å². The fourth-order valence-electron chi connectivity index (χ4n) is 2.23. The summed E-state index contributed by atoms with van der Waals surface area (Å²) in [5.41, 5.74) is 0.651. The molecule has 0 saturated heterocycles. The minimum atomic E-state index is -0.515. The molecule has 1 aromatic carbocycles. The number of carbonyl (C=O) groups excluding carboxylic acids is 1. The Kier molecular flexibility index (Phi) is 4.61. The largest absolute Gasteiger partial charge is 0.360 e. The molecule has 1 N–H and O–H groups in total. The summed E-state index contributed by atoms with van der Waals surface area (Å²) >= 11 is 3.37. The molecule has 3 aromatic rings. The molecule has 0 fully saturated rings. The number of benzene rings is 1. The first kappa shape index (κ1) is 16.2. The molecule has 0 unspecified atom stereocenters. The number of anilines is 1. The Morgan fingerprint density at radius 1 is 1.29 bits per heavy atom. The van der Waals surface area contributed by atoms with Crippen molar-refractivity contribution in [1.29, 1.82) is 0 Å². The molecule has 0 bridgehead atoms. The van der Waals surface area contributed by atoms with E-state index in [2.05, 4.69) is 26.4 Å². The van der Waals surface area contributed by atoms with Crippen molar-refractivity contribution in [2.24, 2.45) is 0 Å². The van der Waals surface area contributed by atoms with Crippen LogP contribution in [0.4, 0.5) is 5.82 Å². The van der Waals surface area contributed by atoms with Gasteiger partial charge in [-0.15, -0.1) is 0 Å². The van der Waals surface area contributed by atoms with Crippen molar-refractivity contribution in [2.45, 2.75) is 13.5 Å². The van der Waals surface area contributed by atoms with Crippen molar-refractivity contribution in [3.63, 3.8) is 0 Å². The SMILES string of the molecule is Cc1cc(NC(=O)c2cccn(Cc3ccc(Br)cc3)c2=O)no1. The average Bonchev–Trinajstić information content (AvgIpc) is 2.96. The number of aryl methyl sites for hydroxylation is 1. The van der Waals surface area contributed by atoms with Gasteiger partial charge in [-0.1, -0.05) is 33.2 Å². The van der Waals surface area contributed by atoms with Crippen molar-refractivity contribution in [1.82, 2.24) is 9.72 Å². The van der Waals surface area contributed by atoms with Gasteiger partial charge in [0.25, 0.3) is 11.5 Å². The molecule has 1 amide bonds. The lowest BCUT2D eigenvalue weighted by Crippen LogP contribution is -2.29. The van der Waals surface area contributed by atoms with Gasteiger partial charge in [0.15, 0.2) is 5.82 Å². The number of amides is 1. The third kappa shape index (κ3) is 3.62. The maximum Gasteiger partial charge on any atom is 0.263 e. The average molecular weight is 388 g/mol. The molecule has 0 aliphatic carbocycles. The van der Waals surface area contributed by atoms with Gasteiger partial charge in [-0.25, -0.2) is 0 Å². The first-order valence-corrected chi connectivity index (χ1v) is 8.01. The molecule has 2 aromatic heterocycles. The zero-order valence-corrected chi connectivity index (χ0v) is 14.4. The van der Waals surface area contributed by atoms with Gasteiger partial charge in [-0.05, 0) is 36.8 Å². The summed E-state index contributed by atoms with van der Waals surface area (Å²) in [7, 11) is 0. The lowest BCUT2D eigenvalue weighted by atomic mass is 10.2. The summed E-state index contributed by atoms with van der Waals surface area (Å²) in [6.07, 6.45) is 1.65. The Bertz CT molecular complexity index is 929. The van der Waals surface area contributed by atoms with Crippen molar-refractivity contribution in [3.8, 4) is 0 Å². The Hall–Kier alpha value is -2.67. The third-order valence-electron chi connectivity index (χ3n) is 3.40. The van der Waals surface area contributed by atoms with E-state index in [1.54, 1.807) is 25.3 Å². The standard InChI is InChI=1S/C17H14BrN3O3/c1-11-9-15(20-24-11)19-16(22)14-3-2-8-21(17(14)23)10-12-4-6-13(18)7-5-12/h2-9H,10H2,1H3,(H,19,20,22). The van der Waals surface area contributed by atoms with E-state index in [1.807, 2.05) is 24.3 Å². The predicted molar refractivity (Wildman–Crippen MR) is 93.1 cm³/mol. The molecule has 7 heteroatoms. The number of nitrogens with one attached hydrogen (secondary N) is 1. The lowest BCUT2D eigenvalue weighted by molar-refractivity contribution is 0.102. The van der Waals surface area contributed by atoms with Crippen LogP contribution < -0.4 is 10.9 Å². The molecule has 0 radical (unpaired) electrons. The van der Waals surface area contributed by atoms with E-state index < -0.39 is 5.91 Å². The molecule has 0 aliphatic heterocycles. The van der Waals surface area contributed by atoms with Crippen LogP contribution in [0.2, 0.25) is 0 Å². The van der Waals surface area contributed by atoms with Gasteiger partial charge in [0, 0.05) is 16.7 Å². The van der Waals surface area contributed by atoms with Gasteiger partial charge in [0.1, 0.15) is 11.3 Å². The van der Waals surface area contributed by atoms with E-state index in [-0.39, 0.29) is 16.9 Å². The number of rotatable bonds is 4. The van der Waals surface area contributed by atoms with Gasteiger partial charge in [0.2, 0.25) is 0 Å². The van der Waals surface area contributed by atoms with Crippen LogP contribution in [0.1, 0.15) is 21.7 Å². The lowest BCUT2D eigenvalue weighted by Gasteiger charge is -2.08. The van der Waals surface area contributed by atoms with Gasteiger partial charge in [-0.2, -0.15) is 0 Å². The second-order valence-electron chi connectivity index (χ2n) is 5.26. The topological polar surface area (TPSA) is 77.1 Å². The monoisotopic (exact) mass is 387 g/mol. The summed E-state index contributed by atoms with van der Waals surface area (Å²) < 4.78 is 7.35. The predicted octanol–water partition coefficient (Wildman–Crippen LogP) is 3.21. The van der Waals surface area contributed by atoms with E-state index in [1.165, 1.54) is 10.6 Å². The highest BCUT2D eigenvalue weighted by Crippen LogP contribution is 2.11. The number of halogens is 1. The number of nitrogens with zero attached hydrogens (tertiary/aromatic N) is 2. The first-order chi connectivity index (χ1) is 11.5. The van der Waals surface area contributed by atoms with Crippen LogP contribution in [0.3, 0.4) is 0 Å². The highest BCUT2D eigenvalue weighted by molar-refractivity contribution is 9.10. The summed E-state index contributed by atoms with van der Waals surface area (Å²) in [6.45, 7) is 2.10. The van der Waals surface area contributed by atoms with Crippen LogP contribution in [0.15, 0.2) is 62.5 Å². The smallest absolute Gasteiger partial charge is 0.263 e. The van der Waals surface area contributed by atoms with E-state index in [4.69, 9.17) is 4.52 Å². The molecule has 2 heterocycles.